The molecule has 0 atom stereocenters. The van der Waals surface area contributed by atoms with E-state index in [1.165, 1.54) is 0 Å². The number of anilines is 1. The minimum Gasteiger partial charge on any atom is -0.480 e. The Morgan fingerprint density at radius 1 is 1.35 bits per heavy atom. The Bertz CT molecular complexity index is 1270. The summed E-state index contributed by atoms with van der Waals surface area (Å²) in [5.41, 5.74) is 3.20. The number of hydrogen-bond acceptors (Lipinski definition) is 7. The number of rotatable bonds is 6. The smallest absolute Gasteiger partial charge is 0.228 e. The van der Waals surface area contributed by atoms with Gasteiger partial charge >= 0.3 is 0 Å². The fourth-order valence-corrected chi connectivity index (χ4v) is 4.27. The van der Waals surface area contributed by atoms with Crippen LogP contribution in [0.25, 0.3) is 27.8 Å². The lowest BCUT2D eigenvalue weighted by atomic mass is 9.74. The van der Waals surface area contributed by atoms with Crippen molar-refractivity contribution < 1.29 is 9.53 Å². The van der Waals surface area contributed by atoms with Gasteiger partial charge in [-0.25, -0.2) is 0 Å². The number of aromatic amines is 1. The SMILES string of the molecule is CCC(=O)N[C@]1(C)C[C@@H](Nc2nc(OC)c3c(-c4ccc5nncn5c4)c[nH]c3n2)C1. The van der Waals surface area contributed by atoms with Crippen LogP contribution in [0.15, 0.2) is 30.9 Å². The first-order chi connectivity index (χ1) is 15.0. The summed E-state index contributed by atoms with van der Waals surface area (Å²) < 4.78 is 7.47. The number of fused-ring (bicyclic) bond motifs is 2. The summed E-state index contributed by atoms with van der Waals surface area (Å²) in [6, 6.07) is 4.09. The van der Waals surface area contributed by atoms with Crippen molar-refractivity contribution in [2.24, 2.45) is 0 Å². The highest BCUT2D eigenvalue weighted by Gasteiger charge is 2.41. The predicted molar refractivity (Wildman–Crippen MR) is 116 cm³/mol. The molecule has 3 N–H and O–H groups in total. The van der Waals surface area contributed by atoms with Crippen molar-refractivity contribution in [2.75, 3.05) is 12.4 Å². The van der Waals surface area contributed by atoms with Gasteiger partial charge in [0.2, 0.25) is 17.7 Å². The first-order valence-electron chi connectivity index (χ1n) is 10.3. The number of ether oxygens (including phenoxy) is 1. The number of carbonyl (C=O) groups is 1. The Balaban J connectivity index is 1.41. The molecule has 0 aromatic carbocycles. The minimum atomic E-state index is -0.181. The molecular weight excluding hydrogens is 396 g/mol. The third-order valence-electron chi connectivity index (χ3n) is 5.78. The zero-order valence-corrected chi connectivity index (χ0v) is 17.6. The van der Waals surface area contributed by atoms with Crippen molar-refractivity contribution in [3.63, 3.8) is 0 Å². The van der Waals surface area contributed by atoms with Crippen molar-refractivity contribution in [2.45, 2.75) is 44.7 Å². The summed E-state index contributed by atoms with van der Waals surface area (Å²) in [6.07, 6.45) is 7.65. The van der Waals surface area contributed by atoms with E-state index in [4.69, 9.17) is 4.74 Å². The first-order valence-corrected chi connectivity index (χ1v) is 10.3. The molecule has 0 unspecified atom stereocenters. The first kappa shape index (κ1) is 19.3. The maximum Gasteiger partial charge on any atom is 0.228 e. The van der Waals surface area contributed by atoms with Gasteiger partial charge in [0, 0.05) is 41.5 Å². The van der Waals surface area contributed by atoms with Gasteiger partial charge in [-0.15, -0.1) is 10.2 Å². The Labute approximate surface area is 178 Å². The second kappa shape index (κ2) is 7.22. The number of carbonyl (C=O) groups excluding carboxylic acids is 1. The molecule has 0 radical (unpaired) electrons. The molecule has 1 amide bonds. The molecule has 160 valence electrons. The molecule has 0 bridgehead atoms. The molecule has 1 aliphatic rings. The highest BCUT2D eigenvalue weighted by Crippen LogP contribution is 2.37. The number of nitrogens with one attached hydrogen (secondary N) is 3. The van der Waals surface area contributed by atoms with Crippen LogP contribution in [-0.2, 0) is 4.79 Å². The van der Waals surface area contributed by atoms with Gasteiger partial charge in [-0.1, -0.05) is 6.92 Å². The summed E-state index contributed by atoms with van der Waals surface area (Å²) in [7, 11) is 1.60. The van der Waals surface area contributed by atoms with Gasteiger partial charge in [0.1, 0.15) is 12.0 Å². The summed E-state index contributed by atoms with van der Waals surface area (Å²) in [5, 5.41) is 15.2. The standard InChI is InChI=1S/C21H24N8O2/c1-4-16(30)27-21(2)7-13(8-21)24-20-25-18-17(19(26-20)31-3)14(9-22-18)12-5-6-15-28-23-11-29(15)10-12/h5-6,9-11,13H,4,7-8H2,1-3H3,(H,27,30)(H2,22,24,25,26)/t13-,21-. The lowest BCUT2D eigenvalue weighted by Gasteiger charge is -2.45. The van der Waals surface area contributed by atoms with Crippen LogP contribution < -0.4 is 15.4 Å². The van der Waals surface area contributed by atoms with Gasteiger partial charge in [0.15, 0.2) is 5.65 Å². The normalized spacial score (nSPS) is 20.5. The number of hydrogen-bond donors (Lipinski definition) is 3. The van der Waals surface area contributed by atoms with Crippen molar-refractivity contribution in [3.8, 4) is 17.0 Å². The van der Waals surface area contributed by atoms with E-state index in [-0.39, 0.29) is 17.5 Å². The molecule has 1 saturated carbocycles. The van der Waals surface area contributed by atoms with Gasteiger partial charge in [-0.3, -0.25) is 9.20 Å². The highest BCUT2D eigenvalue weighted by molar-refractivity contribution is 5.97. The van der Waals surface area contributed by atoms with Gasteiger partial charge in [0.05, 0.1) is 12.5 Å². The van der Waals surface area contributed by atoms with Gasteiger partial charge in [-0.2, -0.15) is 9.97 Å². The predicted octanol–water partition coefficient (Wildman–Crippen LogP) is 2.54. The monoisotopic (exact) mass is 420 g/mol. The molecular formula is C21H24N8O2. The van der Waals surface area contributed by atoms with Crippen LogP contribution in [-0.4, -0.2) is 54.1 Å². The van der Waals surface area contributed by atoms with Crippen LogP contribution in [0.1, 0.15) is 33.1 Å². The van der Waals surface area contributed by atoms with E-state index in [0.717, 1.165) is 35.0 Å². The number of amides is 1. The largest absolute Gasteiger partial charge is 0.480 e. The third kappa shape index (κ3) is 3.43. The Morgan fingerprint density at radius 3 is 2.97 bits per heavy atom. The highest BCUT2D eigenvalue weighted by atomic mass is 16.5. The van der Waals surface area contributed by atoms with Crippen LogP contribution in [0.2, 0.25) is 0 Å². The number of methoxy groups -OCH3 is 1. The van der Waals surface area contributed by atoms with Gasteiger partial charge in [-0.05, 0) is 31.9 Å². The molecule has 1 aliphatic carbocycles. The maximum absolute atomic E-state index is 11.7. The van der Waals surface area contributed by atoms with Gasteiger partial charge in [0.25, 0.3) is 0 Å². The van der Waals surface area contributed by atoms with Crippen LogP contribution in [0, 0.1) is 0 Å². The van der Waals surface area contributed by atoms with E-state index in [2.05, 4.69) is 42.7 Å². The zero-order valence-electron chi connectivity index (χ0n) is 17.6. The molecule has 0 aliphatic heterocycles. The molecule has 1 fully saturated rings. The third-order valence-corrected chi connectivity index (χ3v) is 5.78. The van der Waals surface area contributed by atoms with Crippen molar-refractivity contribution in [1.82, 2.24) is 34.9 Å². The van der Waals surface area contributed by atoms with E-state index in [0.29, 0.717) is 23.9 Å². The second-order valence-electron chi connectivity index (χ2n) is 8.21. The van der Waals surface area contributed by atoms with E-state index < -0.39 is 0 Å². The van der Waals surface area contributed by atoms with Crippen LogP contribution in [0.4, 0.5) is 5.95 Å². The molecule has 5 rings (SSSR count). The molecule has 4 aromatic rings. The summed E-state index contributed by atoms with van der Waals surface area (Å²) in [5.74, 6) is 1.07. The number of H-pyrrole nitrogens is 1. The number of aromatic nitrogens is 6. The Morgan fingerprint density at radius 2 is 2.19 bits per heavy atom. The molecule has 31 heavy (non-hydrogen) atoms. The van der Waals surface area contributed by atoms with Crippen LogP contribution in [0.3, 0.4) is 0 Å². The molecule has 4 aromatic heterocycles. The average Bonchev–Trinajstić information content (AvgIpc) is 3.38. The number of pyridine rings is 1. The maximum atomic E-state index is 11.7. The zero-order chi connectivity index (χ0) is 21.6. The van der Waals surface area contributed by atoms with Crippen LogP contribution in [0.5, 0.6) is 5.88 Å². The Hall–Kier alpha value is -3.69. The minimum absolute atomic E-state index is 0.0730. The lowest BCUT2D eigenvalue weighted by molar-refractivity contribution is -0.123. The van der Waals surface area contributed by atoms with Crippen molar-refractivity contribution in [1.29, 1.82) is 0 Å². The fourth-order valence-electron chi connectivity index (χ4n) is 4.27. The molecule has 10 nitrogen and oxygen atoms in total. The molecule has 4 heterocycles. The van der Waals surface area contributed by atoms with Gasteiger partial charge < -0.3 is 20.4 Å². The summed E-state index contributed by atoms with van der Waals surface area (Å²) in [4.78, 5) is 24.2. The van der Waals surface area contributed by atoms with E-state index in [1.54, 1.807) is 13.4 Å². The average molecular weight is 420 g/mol. The van der Waals surface area contributed by atoms with E-state index in [9.17, 15) is 4.79 Å². The Kier molecular flexibility index (Phi) is 4.49. The van der Waals surface area contributed by atoms with Crippen molar-refractivity contribution in [3.05, 3.63) is 30.9 Å². The van der Waals surface area contributed by atoms with Crippen molar-refractivity contribution >= 4 is 28.5 Å². The molecule has 0 spiro atoms. The fraction of sp³-hybridized carbons (Fsp3) is 0.381. The van der Waals surface area contributed by atoms with E-state index >= 15 is 0 Å². The summed E-state index contributed by atoms with van der Waals surface area (Å²) in [6.45, 7) is 3.92. The summed E-state index contributed by atoms with van der Waals surface area (Å²) >= 11 is 0. The molecule has 10 heteroatoms. The lowest BCUT2D eigenvalue weighted by Crippen LogP contribution is -2.59. The second-order valence-corrected chi connectivity index (χ2v) is 8.21. The van der Waals surface area contributed by atoms with Crippen LogP contribution >= 0.6 is 0 Å². The van der Waals surface area contributed by atoms with E-state index in [1.807, 2.05) is 35.9 Å². The molecule has 0 saturated heterocycles. The number of nitrogens with zero attached hydrogens (tertiary/aromatic N) is 5. The quantitative estimate of drug-likeness (QED) is 0.438. The topological polar surface area (TPSA) is 122 Å².